The molecule has 0 aliphatic carbocycles. The summed E-state index contributed by atoms with van der Waals surface area (Å²) in [6.07, 6.45) is 3.92. The summed E-state index contributed by atoms with van der Waals surface area (Å²) in [5, 5.41) is 13.3. The molecule has 0 aliphatic rings. The van der Waals surface area contributed by atoms with Crippen LogP contribution in [0, 0.1) is 6.92 Å². The zero-order chi connectivity index (χ0) is 14.4. The van der Waals surface area contributed by atoms with Crippen LogP contribution in [-0.2, 0) is 0 Å². The van der Waals surface area contributed by atoms with E-state index in [4.69, 9.17) is 0 Å². The highest BCUT2D eigenvalue weighted by Crippen LogP contribution is 2.18. The molecular formula is C14H17N5O. The van der Waals surface area contributed by atoms with Crippen molar-refractivity contribution in [3.8, 4) is 0 Å². The fraction of sp³-hybridized carbons (Fsp3) is 0.286. The first-order valence-corrected chi connectivity index (χ1v) is 6.50. The molecule has 2 rings (SSSR count). The van der Waals surface area contributed by atoms with E-state index in [1.54, 1.807) is 6.07 Å². The molecule has 0 unspecified atom stereocenters. The van der Waals surface area contributed by atoms with Gasteiger partial charge in [-0.3, -0.25) is 10.1 Å². The number of nitrogens with one attached hydrogen (secondary N) is 2. The lowest BCUT2D eigenvalue weighted by Crippen LogP contribution is -2.17. The van der Waals surface area contributed by atoms with Gasteiger partial charge in [0.1, 0.15) is 0 Å². The second kappa shape index (κ2) is 6.60. The number of hydrogen-bond acceptors (Lipinski definition) is 5. The zero-order valence-corrected chi connectivity index (χ0v) is 11.6. The van der Waals surface area contributed by atoms with Gasteiger partial charge in [0, 0.05) is 12.2 Å². The minimum Gasteiger partial charge on any atom is -0.384 e. The van der Waals surface area contributed by atoms with Gasteiger partial charge in [0.2, 0.25) is 5.95 Å². The molecule has 0 saturated carbocycles. The molecule has 1 heterocycles. The van der Waals surface area contributed by atoms with E-state index in [0.717, 1.165) is 24.2 Å². The molecular weight excluding hydrogens is 254 g/mol. The van der Waals surface area contributed by atoms with Gasteiger partial charge in [0.25, 0.3) is 5.91 Å². The Kier molecular flexibility index (Phi) is 4.60. The Labute approximate surface area is 117 Å². The number of benzene rings is 1. The summed E-state index contributed by atoms with van der Waals surface area (Å²) >= 11 is 0. The predicted molar refractivity (Wildman–Crippen MR) is 77.7 cm³/mol. The molecule has 1 aromatic heterocycles. The Morgan fingerprint density at radius 1 is 1.30 bits per heavy atom. The fourth-order valence-corrected chi connectivity index (χ4v) is 1.74. The highest BCUT2D eigenvalue weighted by atomic mass is 16.1. The van der Waals surface area contributed by atoms with Gasteiger partial charge in [-0.15, -0.1) is 5.10 Å². The quantitative estimate of drug-likeness (QED) is 0.872. The molecule has 0 fully saturated rings. The van der Waals surface area contributed by atoms with Crippen molar-refractivity contribution in [3.05, 3.63) is 41.7 Å². The van der Waals surface area contributed by atoms with E-state index in [9.17, 15) is 4.79 Å². The number of nitrogens with zero attached hydrogens (tertiary/aromatic N) is 3. The van der Waals surface area contributed by atoms with Crippen LogP contribution in [0.2, 0.25) is 0 Å². The van der Waals surface area contributed by atoms with Crippen LogP contribution in [-0.4, -0.2) is 27.6 Å². The molecule has 0 spiro atoms. The average Bonchev–Trinajstić information content (AvgIpc) is 2.46. The molecule has 104 valence electrons. The third kappa shape index (κ3) is 3.50. The van der Waals surface area contributed by atoms with Crippen molar-refractivity contribution in [2.75, 3.05) is 17.2 Å². The van der Waals surface area contributed by atoms with Gasteiger partial charge >= 0.3 is 0 Å². The van der Waals surface area contributed by atoms with Crippen LogP contribution in [0.4, 0.5) is 11.6 Å². The molecule has 6 heteroatoms. The first kappa shape index (κ1) is 13.9. The van der Waals surface area contributed by atoms with Crippen LogP contribution in [0.25, 0.3) is 0 Å². The number of amides is 1. The molecule has 20 heavy (non-hydrogen) atoms. The second-order valence-electron chi connectivity index (χ2n) is 4.40. The normalized spacial score (nSPS) is 10.1. The van der Waals surface area contributed by atoms with Gasteiger partial charge in [-0.2, -0.15) is 5.10 Å². The molecule has 2 aromatic rings. The Morgan fingerprint density at radius 2 is 2.15 bits per heavy atom. The summed E-state index contributed by atoms with van der Waals surface area (Å²) < 4.78 is 0. The standard InChI is InChI=1S/C14H17N5O/c1-3-6-15-12-9-10(2)4-5-11(12)13(20)18-14-16-7-8-17-19-14/h4-5,7-9,15H,3,6H2,1-2H3,(H,16,18,19,20). The molecule has 1 aromatic carbocycles. The van der Waals surface area contributed by atoms with Crippen molar-refractivity contribution < 1.29 is 4.79 Å². The number of rotatable bonds is 5. The van der Waals surface area contributed by atoms with Crippen LogP contribution in [0.5, 0.6) is 0 Å². The van der Waals surface area contributed by atoms with Crippen LogP contribution in [0.15, 0.2) is 30.6 Å². The van der Waals surface area contributed by atoms with Gasteiger partial charge in [0.05, 0.1) is 18.0 Å². The van der Waals surface area contributed by atoms with Gasteiger partial charge in [-0.05, 0) is 31.0 Å². The smallest absolute Gasteiger partial charge is 0.260 e. The number of anilines is 2. The molecule has 0 saturated heterocycles. The van der Waals surface area contributed by atoms with Crippen molar-refractivity contribution in [1.29, 1.82) is 0 Å². The van der Waals surface area contributed by atoms with Crippen molar-refractivity contribution in [2.24, 2.45) is 0 Å². The SMILES string of the molecule is CCCNc1cc(C)ccc1C(=O)Nc1nccnn1. The topological polar surface area (TPSA) is 79.8 Å². The summed E-state index contributed by atoms with van der Waals surface area (Å²) in [6, 6.07) is 5.64. The van der Waals surface area contributed by atoms with E-state index in [-0.39, 0.29) is 11.9 Å². The van der Waals surface area contributed by atoms with Gasteiger partial charge in [-0.25, -0.2) is 4.98 Å². The van der Waals surface area contributed by atoms with E-state index in [1.807, 2.05) is 19.1 Å². The Bertz CT molecular complexity index is 585. The maximum atomic E-state index is 12.3. The van der Waals surface area contributed by atoms with Gasteiger partial charge < -0.3 is 5.32 Å². The van der Waals surface area contributed by atoms with Crippen molar-refractivity contribution in [1.82, 2.24) is 15.2 Å². The summed E-state index contributed by atoms with van der Waals surface area (Å²) in [5.41, 5.74) is 2.47. The average molecular weight is 271 g/mol. The molecule has 2 N–H and O–H groups in total. The summed E-state index contributed by atoms with van der Waals surface area (Å²) in [7, 11) is 0. The summed E-state index contributed by atoms with van der Waals surface area (Å²) in [6.45, 7) is 4.88. The van der Waals surface area contributed by atoms with E-state index in [2.05, 4.69) is 32.7 Å². The lowest BCUT2D eigenvalue weighted by Gasteiger charge is -2.12. The van der Waals surface area contributed by atoms with Crippen LogP contribution in [0.1, 0.15) is 29.3 Å². The molecule has 6 nitrogen and oxygen atoms in total. The third-order valence-electron chi connectivity index (χ3n) is 2.69. The maximum Gasteiger partial charge on any atom is 0.260 e. The highest BCUT2D eigenvalue weighted by molar-refractivity contribution is 6.07. The number of aromatic nitrogens is 3. The lowest BCUT2D eigenvalue weighted by molar-refractivity contribution is 0.102. The summed E-state index contributed by atoms with van der Waals surface area (Å²) in [5.74, 6) is -0.0591. The largest absolute Gasteiger partial charge is 0.384 e. The monoisotopic (exact) mass is 271 g/mol. The second-order valence-corrected chi connectivity index (χ2v) is 4.40. The van der Waals surface area contributed by atoms with E-state index < -0.39 is 0 Å². The number of carbonyl (C=O) groups is 1. The first-order chi connectivity index (χ1) is 9.70. The Hall–Kier alpha value is -2.50. The first-order valence-electron chi connectivity index (χ1n) is 6.50. The van der Waals surface area contributed by atoms with Crippen molar-refractivity contribution in [2.45, 2.75) is 20.3 Å². The van der Waals surface area contributed by atoms with Crippen LogP contribution >= 0.6 is 0 Å². The van der Waals surface area contributed by atoms with Crippen LogP contribution < -0.4 is 10.6 Å². The number of hydrogen-bond donors (Lipinski definition) is 2. The molecule has 0 bridgehead atoms. The van der Waals surface area contributed by atoms with E-state index >= 15 is 0 Å². The Balaban J connectivity index is 2.20. The third-order valence-corrected chi connectivity index (χ3v) is 2.69. The minimum absolute atomic E-state index is 0.194. The lowest BCUT2D eigenvalue weighted by atomic mass is 10.1. The van der Waals surface area contributed by atoms with E-state index in [1.165, 1.54) is 12.4 Å². The molecule has 1 amide bonds. The zero-order valence-electron chi connectivity index (χ0n) is 11.6. The van der Waals surface area contributed by atoms with Crippen molar-refractivity contribution >= 4 is 17.5 Å². The molecule has 0 aliphatic heterocycles. The molecule has 0 atom stereocenters. The summed E-state index contributed by atoms with van der Waals surface area (Å²) in [4.78, 5) is 16.2. The van der Waals surface area contributed by atoms with Crippen LogP contribution in [0.3, 0.4) is 0 Å². The minimum atomic E-state index is -0.253. The van der Waals surface area contributed by atoms with Crippen molar-refractivity contribution in [3.63, 3.8) is 0 Å². The predicted octanol–water partition coefficient (Wildman–Crippen LogP) is 2.25. The van der Waals surface area contributed by atoms with Gasteiger partial charge in [0.15, 0.2) is 0 Å². The van der Waals surface area contributed by atoms with Gasteiger partial charge in [-0.1, -0.05) is 13.0 Å². The number of carbonyl (C=O) groups excluding carboxylic acids is 1. The Morgan fingerprint density at radius 3 is 2.85 bits per heavy atom. The van der Waals surface area contributed by atoms with E-state index in [0.29, 0.717) is 5.56 Å². The maximum absolute atomic E-state index is 12.3. The fourth-order valence-electron chi connectivity index (χ4n) is 1.74. The number of aryl methyl sites for hydroxylation is 1. The highest BCUT2D eigenvalue weighted by Gasteiger charge is 2.12. The molecule has 0 radical (unpaired) electrons.